The lowest BCUT2D eigenvalue weighted by Gasteiger charge is -2.07. The van der Waals surface area contributed by atoms with E-state index >= 15 is 0 Å². The number of nitrogens with one attached hydrogen (secondary N) is 1. The summed E-state index contributed by atoms with van der Waals surface area (Å²) in [5.74, 6) is -2.52. The number of thioether (sulfide) groups is 1. The molecule has 2 aromatic carbocycles. The molecule has 1 N–H and O–H groups in total. The summed E-state index contributed by atoms with van der Waals surface area (Å²) in [6.45, 7) is 0. The lowest BCUT2D eigenvalue weighted by Crippen LogP contribution is -2.12. The van der Waals surface area contributed by atoms with Crippen LogP contribution >= 0.6 is 11.8 Å². The molecule has 0 unspecified atom stereocenters. The van der Waals surface area contributed by atoms with E-state index in [1.54, 1.807) is 12.1 Å². The highest BCUT2D eigenvalue weighted by Gasteiger charge is 2.17. The number of sulfonamides is 1. The lowest BCUT2D eigenvalue weighted by molar-refractivity contribution is 0.252. The van der Waals surface area contributed by atoms with Crippen LogP contribution in [0.3, 0.4) is 0 Å². The highest BCUT2D eigenvalue weighted by molar-refractivity contribution is 7.99. The van der Waals surface area contributed by atoms with Crippen molar-refractivity contribution >= 4 is 27.5 Å². The van der Waals surface area contributed by atoms with Gasteiger partial charge in [0.05, 0.1) is 18.1 Å². The Bertz CT molecular complexity index is 943. The van der Waals surface area contributed by atoms with E-state index in [0.717, 1.165) is 5.69 Å². The maximum atomic E-state index is 12.4. The number of alkyl halides is 2. The first-order chi connectivity index (χ1) is 11.9. The zero-order valence-electron chi connectivity index (χ0n) is 12.7. The summed E-state index contributed by atoms with van der Waals surface area (Å²) in [6.07, 6.45) is 2.65. The smallest absolute Gasteiger partial charge is 0.280 e. The SMILES string of the molecule is O=S(=O)(Nc1ccc(SC(F)F)cc1)c1cnn(-c2ccccc2)c1. The van der Waals surface area contributed by atoms with Gasteiger partial charge in [-0.3, -0.25) is 4.72 Å². The second-order valence-electron chi connectivity index (χ2n) is 4.96. The molecule has 0 saturated heterocycles. The molecule has 9 heteroatoms. The zero-order valence-corrected chi connectivity index (χ0v) is 14.3. The summed E-state index contributed by atoms with van der Waals surface area (Å²) < 4.78 is 53.3. The molecule has 1 aromatic heterocycles. The van der Waals surface area contributed by atoms with Crippen LogP contribution in [0.2, 0.25) is 0 Å². The molecule has 0 aliphatic heterocycles. The summed E-state index contributed by atoms with van der Waals surface area (Å²) >= 11 is 0.399. The lowest BCUT2D eigenvalue weighted by atomic mass is 10.3. The number of benzene rings is 2. The molecule has 0 fully saturated rings. The number of hydrogen-bond donors (Lipinski definition) is 1. The van der Waals surface area contributed by atoms with Crippen molar-refractivity contribution in [2.24, 2.45) is 0 Å². The van der Waals surface area contributed by atoms with Crippen molar-refractivity contribution in [1.29, 1.82) is 0 Å². The number of hydrogen-bond acceptors (Lipinski definition) is 4. The first-order valence-corrected chi connectivity index (χ1v) is 9.48. The van der Waals surface area contributed by atoms with E-state index in [2.05, 4.69) is 9.82 Å². The average molecular weight is 381 g/mol. The van der Waals surface area contributed by atoms with Gasteiger partial charge in [0.25, 0.3) is 15.8 Å². The Morgan fingerprint density at radius 2 is 1.72 bits per heavy atom. The molecule has 0 amide bonds. The van der Waals surface area contributed by atoms with Gasteiger partial charge in [0.2, 0.25) is 0 Å². The Labute approximate surface area is 147 Å². The summed E-state index contributed by atoms with van der Waals surface area (Å²) in [7, 11) is -3.82. The minimum absolute atomic E-state index is 0.00221. The molecule has 0 atom stereocenters. The topological polar surface area (TPSA) is 64.0 Å². The third-order valence-corrected chi connectivity index (χ3v) is 5.28. The van der Waals surface area contributed by atoms with Crippen LogP contribution in [-0.2, 0) is 10.0 Å². The molecule has 0 bridgehead atoms. The zero-order chi connectivity index (χ0) is 17.9. The number of halogens is 2. The quantitative estimate of drug-likeness (QED) is 0.656. The largest absolute Gasteiger partial charge is 0.288 e. The normalized spacial score (nSPS) is 11.6. The number of aromatic nitrogens is 2. The van der Waals surface area contributed by atoms with Crippen molar-refractivity contribution in [2.75, 3.05) is 4.72 Å². The third kappa shape index (κ3) is 4.37. The summed E-state index contributed by atoms with van der Waals surface area (Å²) in [6, 6.07) is 14.8. The van der Waals surface area contributed by atoms with Gasteiger partial charge in [-0.1, -0.05) is 30.0 Å². The van der Waals surface area contributed by atoms with Gasteiger partial charge in [0.15, 0.2) is 0 Å². The van der Waals surface area contributed by atoms with Crippen molar-refractivity contribution in [3.63, 3.8) is 0 Å². The fraction of sp³-hybridized carbons (Fsp3) is 0.0625. The molecule has 1 heterocycles. The van der Waals surface area contributed by atoms with E-state index in [0.29, 0.717) is 16.7 Å². The van der Waals surface area contributed by atoms with Crippen molar-refractivity contribution in [1.82, 2.24) is 9.78 Å². The predicted molar refractivity (Wildman–Crippen MR) is 92.7 cm³/mol. The summed E-state index contributed by atoms with van der Waals surface area (Å²) in [4.78, 5) is 0.359. The van der Waals surface area contributed by atoms with Crippen molar-refractivity contribution in [3.05, 3.63) is 67.0 Å². The van der Waals surface area contributed by atoms with Crippen molar-refractivity contribution in [3.8, 4) is 5.69 Å². The van der Waals surface area contributed by atoms with Gasteiger partial charge in [-0.2, -0.15) is 13.9 Å². The van der Waals surface area contributed by atoms with Crippen molar-refractivity contribution < 1.29 is 17.2 Å². The summed E-state index contributed by atoms with van der Waals surface area (Å²) in [5.41, 5.74) is 1.02. The van der Waals surface area contributed by atoms with E-state index in [9.17, 15) is 17.2 Å². The minimum Gasteiger partial charge on any atom is -0.280 e. The molecule has 130 valence electrons. The van der Waals surface area contributed by atoms with Gasteiger partial charge in [-0.15, -0.1) is 0 Å². The average Bonchev–Trinajstić information content (AvgIpc) is 3.08. The molecule has 0 saturated carbocycles. The fourth-order valence-corrected chi connectivity index (χ4v) is 3.57. The van der Waals surface area contributed by atoms with Crippen LogP contribution in [0.4, 0.5) is 14.5 Å². The molecule has 0 spiro atoms. The van der Waals surface area contributed by atoms with Gasteiger partial charge in [-0.25, -0.2) is 13.1 Å². The van der Waals surface area contributed by atoms with Crippen LogP contribution < -0.4 is 4.72 Å². The third-order valence-electron chi connectivity index (χ3n) is 3.22. The van der Waals surface area contributed by atoms with Gasteiger partial charge < -0.3 is 0 Å². The van der Waals surface area contributed by atoms with Gasteiger partial charge >= 0.3 is 0 Å². The second-order valence-corrected chi connectivity index (χ2v) is 7.71. The number of rotatable bonds is 6. The Morgan fingerprint density at radius 1 is 1.04 bits per heavy atom. The van der Waals surface area contributed by atoms with E-state index in [1.165, 1.54) is 41.3 Å². The standard InChI is InChI=1S/C16H13F2N3O2S2/c17-16(18)24-14-8-6-12(7-9-14)20-25(22,23)15-10-19-21(11-15)13-4-2-1-3-5-13/h1-11,16,20H. The van der Waals surface area contributed by atoms with E-state index in [4.69, 9.17) is 0 Å². The first kappa shape index (κ1) is 17.4. The monoisotopic (exact) mass is 381 g/mol. The number of para-hydroxylation sites is 1. The minimum atomic E-state index is -3.82. The molecule has 0 radical (unpaired) electrons. The predicted octanol–water partition coefficient (Wildman–Crippen LogP) is 3.99. The van der Waals surface area contributed by atoms with E-state index < -0.39 is 15.8 Å². The van der Waals surface area contributed by atoms with Crippen LogP contribution in [0.25, 0.3) is 5.69 Å². The van der Waals surface area contributed by atoms with Gasteiger partial charge in [-0.05, 0) is 36.4 Å². The number of nitrogens with zero attached hydrogens (tertiary/aromatic N) is 2. The molecule has 0 aliphatic carbocycles. The maximum absolute atomic E-state index is 12.4. The van der Waals surface area contributed by atoms with Crippen LogP contribution in [0, 0.1) is 0 Å². The Kier molecular flexibility index (Phi) is 5.05. The molecule has 5 nitrogen and oxygen atoms in total. The van der Waals surface area contributed by atoms with Gasteiger partial charge in [0, 0.05) is 10.6 Å². The van der Waals surface area contributed by atoms with E-state index in [-0.39, 0.29) is 10.6 Å². The van der Waals surface area contributed by atoms with Gasteiger partial charge in [0.1, 0.15) is 4.90 Å². The molecule has 3 rings (SSSR count). The highest BCUT2D eigenvalue weighted by atomic mass is 32.2. The summed E-state index contributed by atoms with van der Waals surface area (Å²) in [5, 5.41) is 4.05. The maximum Gasteiger partial charge on any atom is 0.288 e. The Morgan fingerprint density at radius 3 is 2.36 bits per heavy atom. The molecular weight excluding hydrogens is 368 g/mol. The van der Waals surface area contributed by atoms with Crippen molar-refractivity contribution in [2.45, 2.75) is 15.5 Å². The van der Waals surface area contributed by atoms with Crippen LogP contribution in [-0.4, -0.2) is 24.0 Å². The van der Waals surface area contributed by atoms with Crippen LogP contribution in [0.5, 0.6) is 0 Å². The Hall–Kier alpha value is -2.39. The van der Waals surface area contributed by atoms with Crippen LogP contribution in [0.1, 0.15) is 0 Å². The van der Waals surface area contributed by atoms with Crippen LogP contribution in [0.15, 0.2) is 76.8 Å². The first-order valence-electron chi connectivity index (χ1n) is 7.12. The number of anilines is 1. The Balaban J connectivity index is 1.77. The molecular formula is C16H13F2N3O2S2. The fourth-order valence-electron chi connectivity index (χ4n) is 2.09. The van der Waals surface area contributed by atoms with E-state index in [1.807, 2.05) is 18.2 Å². The molecule has 25 heavy (non-hydrogen) atoms. The molecule has 0 aliphatic rings. The highest BCUT2D eigenvalue weighted by Crippen LogP contribution is 2.27. The molecule has 3 aromatic rings. The second kappa shape index (κ2) is 7.24.